The fourth-order valence-electron chi connectivity index (χ4n) is 1.54. The smallest absolute Gasteiger partial charge is 0.416 e. The van der Waals surface area contributed by atoms with Crippen LogP contribution in [0, 0.1) is 0 Å². The van der Waals surface area contributed by atoms with Crippen LogP contribution in [0.25, 0.3) is 0 Å². The third-order valence-corrected chi connectivity index (χ3v) is 3.97. The topological polar surface area (TPSA) is 83.5 Å². The summed E-state index contributed by atoms with van der Waals surface area (Å²) >= 11 is 0. The van der Waals surface area contributed by atoms with E-state index < -0.39 is 33.3 Å². The van der Waals surface area contributed by atoms with Crippen LogP contribution < -0.4 is 4.72 Å². The zero-order valence-corrected chi connectivity index (χ0v) is 11.9. The number of halogens is 3. The van der Waals surface area contributed by atoms with Crippen LogP contribution in [0.15, 0.2) is 18.2 Å². The lowest BCUT2D eigenvalue weighted by Crippen LogP contribution is -2.19. The van der Waals surface area contributed by atoms with Gasteiger partial charge >= 0.3 is 12.1 Å². The number of rotatable bonds is 6. The lowest BCUT2D eigenvalue weighted by molar-refractivity contribution is -0.137. The van der Waals surface area contributed by atoms with Crippen molar-refractivity contribution in [1.82, 2.24) is 0 Å². The van der Waals surface area contributed by atoms with Crippen LogP contribution in [0.2, 0.25) is 0 Å². The van der Waals surface area contributed by atoms with Crippen LogP contribution in [-0.4, -0.2) is 25.2 Å². The van der Waals surface area contributed by atoms with E-state index in [1.165, 1.54) is 0 Å². The highest BCUT2D eigenvalue weighted by Crippen LogP contribution is 2.32. The first-order chi connectivity index (χ1) is 9.57. The van der Waals surface area contributed by atoms with Crippen molar-refractivity contribution in [3.63, 3.8) is 0 Å². The molecule has 0 saturated carbocycles. The van der Waals surface area contributed by atoms with Gasteiger partial charge in [-0.2, -0.15) is 13.2 Å². The van der Waals surface area contributed by atoms with E-state index in [1.54, 1.807) is 6.92 Å². The van der Waals surface area contributed by atoms with E-state index in [0.29, 0.717) is 25.0 Å². The van der Waals surface area contributed by atoms with E-state index in [0.717, 1.165) is 6.07 Å². The molecular weight excluding hydrogens is 311 g/mol. The fourth-order valence-corrected chi connectivity index (χ4v) is 2.82. The zero-order chi connectivity index (χ0) is 16.3. The Morgan fingerprint density at radius 2 is 1.95 bits per heavy atom. The molecule has 0 aromatic heterocycles. The Balaban J connectivity index is 3.17. The summed E-state index contributed by atoms with van der Waals surface area (Å²) in [6, 6.07) is 1.83. The summed E-state index contributed by atoms with van der Waals surface area (Å²) in [5.41, 5.74) is -2.28. The van der Waals surface area contributed by atoms with E-state index in [4.69, 9.17) is 5.11 Å². The Bertz CT molecular complexity index is 626. The van der Waals surface area contributed by atoms with E-state index in [1.807, 2.05) is 4.72 Å². The summed E-state index contributed by atoms with van der Waals surface area (Å²) in [5, 5.41) is 8.93. The maximum atomic E-state index is 12.5. The molecule has 0 heterocycles. The van der Waals surface area contributed by atoms with Gasteiger partial charge in [0.05, 0.1) is 22.6 Å². The molecule has 1 aromatic carbocycles. The number of hydrogen-bond acceptors (Lipinski definition) is 3. The summed E-state index contributed by atoms with van der Waals surface area (Å²) in [6.07, 6.45) is -3.73. The largest absolute Gasteiger partial charge is 0.478 e. The average Bonchev–Trinajstić information content (AvgIpc) is 2.34. The fraction of sp³-hybridized carbons (Fsp3) is 0.417. The van der Waals surface area contributed by atoms with Crippen molar-refractivity contribution >= 4 is 21.7 Å². The first kappa shape index (κ1) is 17.3. The Morgan fingerprint density at radius 1 is 1.33 bits per heavy atom. The molecule has 0 aliphatic heterocycles. The summed E-state index contributed by atoms with van der Waals surface area (Å²) in [7, 11) is -3.80. The Morgan fingerprint density at radius 3 is 2.43 bits per heavy atom. The minimum Gasteiger partial charge on any atom is -0.478 e. The predicted octanol–water partition coefficient (Wildman–Crippen LogP) is 2.95. The molecule has 0 amide bonds. The molecular formula is C12H14F3NO4S. The molecule has 5 nitrogen and oxygen atoms in total. The number of alkyl halides is 3. The molecule has 0 fully saturated rings. The third-order valence-electron chi connectivity index (χ3n) is 2.61. The molecule has 2 N–H and O–H groups in total. The number of carbonyl (C=O) groups is 1. The van der Waals surface area contributed by atoms with Crippen LogP contribution in [0.4, 0.5) is 18.9 Å². The van der Waals surface area contributed by atoms with Gasteiger partial charge in [0.2, 0.25) is 10.0 Å². The van der Waals surface area contributed by atoms with Crippen LogP contribution in [0.5, 0.6) is 0 Å². The van der Waals surface area contributed by atoms with Crippen molar-refractivity contribution < 1.29 is 31.5 Å². The second kappa shape index (κ2) is 6.33. The molecule has 1 rings (SSSR count). The molecule has 1 aromatic rings. The molecule has 0 bridgehead atoms. The van der Waals surface area contributed by atoms with Gasteiger partial charge in [-0.1, -0.05) is 13.3 Å². The number of aromatic carboxylic acids is 1. The highest BCUT2D eigenvalue weighted by atomic mass is 32.2. The standard InChI is InChI=1S/C12H14F3NO4S/c1-2-3-6-21(19,20)16-10-5-4-8(12(13,14)15)7-9(10)11(17)18/h4-5,7,16H,2-3,6H2,1H3,(H,17,18). The molecule has 0 radical (unpaired) electrons. The molecule has 0 aliphatic carbocycles. The SMILES string of the molecule is CCCCS(=O)(=O)Nc1ccc(C(F)(F)F)cc1C(=O)O. The van der Waals surface area contributed by atoms with E-state index >= 15 is 0 Å². The minimum absolute atomic E-state index is 0.233. The van der Waals surface area contributed by atoms with Crippen molar-refractivity contribution in [1.29, 1.82) is 0 Å². The number of nitrogens with one attached hydrogen (secondary N) is 1. The Labute approximate surface area is 119 Å². The van der Waals surface area contributed by atoms with Crippen molar-refractivity contribution in [2.24, 2.45) is 0 Å². The molecule has 0 atom stereocenters. The lowest BCUT2D eigenvalue weighted by atomic mass is 10.1. The van der Waals surface area contributed by atoms with Gasteiger partial charge in [0, 0.05) is 0 Å². The van der Waals surface area contributed by atoms with E-state index in [2.05, 4.69) is 0 Å². The van der Waals surface area contributed by atoms with Gasteiger partial charge in [0.15, 0.2) is 0 Å². The van der Waals surface area contributed by atoms with Crippen molar-refractivity contribution in [3.8, 4) is 0 Å². The quantitative estimate of drug-likeness (QED) is 0.842. The predicted molar refractivity (Wildman–Crippen MR) is 70.7 cm³/mol. The van der Waals surface area contributed by atoms with Crippen molar-refractivity contribution in [3.05, 3.63) is 29.3 Å². The molecule has 9 heteroatoms. The number of benzene rings is 1. The average molecular weight is 325 g/mol. The van der Waals surface area contributed by atoms with Gasteiger partial charge in [0.1, 0.15) is 0 Å². The van der Waals surface area contributed by atoms with E-state index in [9.17, 15) is 26.4 Å². The molecule has 0 spiro atoms. The molecule has 21 heavy (non-hydrogen) atoms. The zero-order valence-electron chi connectivity index (χ0n) is 11.1. The number of sulfonamides is 1. The Kier molecular flexibility index (Phi) is 5.21. The highest BCUT2D eigenvalue weighted by molar-refractivity contribution is 7.92. The summed E-state index contributed by atoms with van der Waals surface area (Å²) < 4.78 is 63.0. The number of anilines is 1. The third kappa shape index (κ3) is 4.92. The lowest BCUT2D eigenvalue weighted by Gasteiger charge is -2.13. The van der Waals surface area contributed by atoms with Gasteiger partial charge in [-0.05, 0) is 24.6 Å². The van der Waals surface area contributed by atoms with Gasteiger partial charge in [-0.3, -0.25) is 4.72 Å². The Hall–Kier alpha value is -1.77. The van der Waals surface area contributed by atoms with Crippen LogP contribution in [0.1, 0.15) is 35.7 Å². The van der Waals surface area contributed by atoms with Crippen molar-refractivity contribution in [2.75, 3.05) is 10.5 Å². The van der Waals surface area contributed by atoms with Gasteiger partial charge in [-0.15, -0.1) is 0 Å². The summed E-state index contributed by atoms with van der Waals surface area (Å²) in [4.78, 5) is 11.0. The number of carboxylic acid groups (broad SMARTS) is 1. The highest BCUT2D eigenvalue weighted by Gasteiger charge is 2.32. The number of hydrogen-bond donors (Lipinski definition) is 2. The first-order valence-corrected chi connectivity index (χ1v) is 7.67. The molecule has 118 valence electrons. The maximum absolute atomic E-state index is 12.5. The minimum atomic E-state index is -4.70. The van der Waals surface area contributed by atoms with Gasteiger partial charge in [0.25, 0.3) is 0 Å². The van der Waals surface area contributed by atoms with E-state index in [-0.39, 0.29) is 11.4 Å². The second-order valence-electron chi connectivity index (χ2n) is 4.34. The maximum Gasteiger partial charge on any atom is 0.416 e. The second-order valence-corrected chi connectivity index (χ2v) is 6.18. The normalized spacial score (nSPS) is 12.2. The van der Waals surface area contributed by atoms with Crippen LogP contribution in [0.3, 0.4) is 0 Å². The summed E-state index contributed by atoms with van der Waals surface area (Å²) in [5.74, 6) is -1.88. The molecule has 0 saturated heterocycles. The van der Waals surface area contributed by atoms with Gasteiger partial charge in [-0.25, -0.2) is 13.2 Å². The monoisotopic (exact) mass is 325 g/mol. The van der Waals surface area contributed by atoms with Crippen molar-refractivity contribution in [2.45, 2.75) is 25.9 Å². The molecule has 0 aliphatic rings. The van der Waals surface area contributed by atoms with Crippen LogP contribution in [-0.2, 0) is 16.2 Å². The summed E-state index contributed by atoms with van der Waals surface area (Å²) in [6.45, 7) is 1.77. The number of unbranched alkanes of at least 4 members (excludes halogenated alkanes) is 1. The number of carboxylic acids is 1. The first-order valence-electron chi connectivity index (χ1n) is 6.02. The molecule has 0 unspecified atom stereocenters. The van der Waals surface area contributed by atoms with Gasteiger partial charge < -0.3 is 5.11 Å². The van der Waals surface area contributed by atoms with Crippen LogP contribution >= 0.6 is 0 Å².